The molecule has 1 heterocycles. The summed E-state index contributed by atoms with van der Waals surface area (Å²) < 4.78 is 32.3. The monoisotopic (exact) mass is 371 g/mol. The minimum atomic E-state index is -0.742. The molecule has 0 spiro atoms. The van der Waals surface area contributed by atoms with E-state index in [1.165, 1.54) is 53.5 Å². The lowest BCUT2D eigenvalue weighted by Crippen LogP contribution is -2.28. The highest BCUT2D eigenvalue weighted by atomic mass is 19.1. The van der Waals surface area contributed by atoms with Gasteiger partial charge in [0.05, 0.1) is 12.5 Å². The van der Waals surface area contributed by atoms with Crippen LogP contribution >= 0.6 is 0 Å². The van der Waals surface area contributed by atoms with Crippen LogP contribution in [0.1, 0.15) is 16.1 Å². The minimum Gasteiger partial charge on any atom is -0.451 e. The van der Waals surface area contributed by atoms with Crippen LogP contribution in [0, 0.1) is 11.6 Å². The molecule has 0 bridgehead atoms. The molecule has 3 rings (SSSR count). The molecule has 0 unspecified atom stereocenters. The van der Waals surface area contributed by atoms with Crippen LogP contribution in [0.15, 0.2) is 61.1 Å². The first kappa shape index (κ1) is 18.2. The molecule has 0 aliphatic carbocycles. The number of hydrogen-bond donors (Lipinski definition) is 1. The summed E-state index contributed by atoms with van der Waals surface area (Å²) in [7, 11) is 0. The van der Waals surface area contributed by atoms with Gasteiger partial charge in [-0.25, -0.2) is 18.6 Å². The Morgan fingerprint density at radius 1 is 1.00 bits per heavy atom. The van der Waals surface area contributed by atoms with E-state index in [-0.39, 0.29) is 18.1 Å². The number of halogens is 2. The van der Waals surface area contributed by atoms with Crippen molar-refractivity contribution >= 4 is 11.9 Å². The predicted molar refractivity (Wildman–Crippen MR) is 92.1 cm³/mol. The number of nitrogens with zero attached hydrogens (tertiary/aromatic N) is 2. The van der Waals surface area contributed by atoms with Gasteiger partial charge in [-0.05, 0) is 42.0 Å². The molecule has 138 valence electrons. The van der Waals surface area contributed by atoms with Crippen LogP contribution in [-0.2, 0) is 16.1 Å². The number of aromatic nitrogens is 2. The highest BCUT2D eigenvalue weighted by Gasteiger charge is 2.16. The Balaban J connectivity index is 1.55. The quantitative estimate of drug-likeness (QED) is 0.676. The lowest BCUT2D eigenvalue weighted by atomic mass is 10.2. The van der Waals surface area contributed by atoms with Crippen LogP contribution in [0.2, 0.25) is 0 Å². The van der Waals surface area contributed by atoms with Crippen LogP contribution in [-0.4, -0.2) is 28.0 Å². The largest absolute Gasteiger partial charge is 0.451 e. The minimum absolute atomic E-state index is 0.105. The van der Waals surface area contributed by atoms with Crippen molar-refractivity contribution in [1.29, 1.82) is 0 Å². The zero-order valence-corrected chi connectivity index (χ0v) is 14.1. The molecule has 1 N–H and O–H groups in total. The molecule has 2 aromatic carbocycles. The average Bonchev–Trinajstić information content (AvgIpc) is 3.16. The fourth-order valence-electron chi connectivity index (χ4n) is 2.31. The number of imidazole rings is 1. The van der Waals surface area contributed by atoms with E-state index in [1.54, 1.807) is 12.1 Å². The number of nitrogens with one attached hydrogen (secondary N) is 1. The van der Waals surface area contributed by atoms with Crippen molar-refractivity contribution in [3.05, 3.63) is 83.9 Å². The summed E-state index contributed by atoms with van der Waals surface area (Å²) in [5.74, 6) is -2.01. The first-order valence-electron chi connectivity index (χ1n) is 7.99. The molecular weight excluding hydrogens is 356 g/mol. The van der Waals surface area contributed by atoms with Crippen molar-refractivity contribution in [1.82, 2.24) is 14.9 Å². The Morgan fingerprint density at radius 3 is 2.30 bits per heavy atom. The maximum Gasteiger partial charge on any atom is 0.357 e. The maximum absolute atomic E-state index is 13.0. The number of amides is 1. The van der Waals surface area contributed by atoms with E-state index in [0.29, 0.717) is 11.3 Å². The lowest BCUT2D eigenvalue weighted by molar-refractivity contribution is -0.124. The predicted octanol–water partition coefficient (Wildman–Crippen LogP) is 2.62. The van der Waals surface area contributed by atoms with Gasteiger partial charge in [0.2, 0.25) is 0 Å². The van der Waals surface area contributed by atoms with Crippen LogP contribution in [0.4, 0.5) is 8.78 Å². The zero-order chi connectivity index (χ0) is 19.2. The third kappa shape index (κ3) is 4.75. The highest BCUT2D eigenvalue weighted by molar-refractivity contribution is 5.90. The summed E-state index contributed by atoms with van der Waals surface area (Å²) in [6.07, 6.45) is 2.68. The molecule has 0 saturated heterocycles. The summed E-state index contributed by atoms with van der Waals surface area (Å²) in [4.78, 5) is 27.9. The van der Waals surface area contributed by atoms with Crippen molar-refractivity contribution in [2.24, 2.45) is 0 Å². The smallest absolute Gasteiger partial charge is 0.357 e. The van der Waals surface area contributed by atoms with Gasteiger partial charge in [0, 0.05) is 12.2 Å². The zero-order valence-electron chi connectivity index (χ0n) is 14.1. The van der Waals surface area contributed by atoms with Gasteiger partial charge in [-0.1, -0.05) is 12.1 Å². The number of benzene rings is 2. The highest BCUT2D eigenvalue weighted by Crippen LogP contribution is 2.13. The molecule has 0 fully saturated rings. The molecule has 8 heteroatoms. The van der Waals surface area contributed by atoms with Crippen molar-refractivity contribution in [3.8, 4) is 5.69 Å². The summed E-state index contributed by atoms with van der Waals surface area (Å²) in [6.45, 7) is -0.293. The Labute approximate surface area is 153 Å². The van der Waals surface area contributed by atoms with E-state index >= 15 is 0 Å². The summed E-state index contributed by atoms with van der Waals surface area (Å²) in [6, 6.07) is 11.2. The van der Waals surface area contributed by atoms with Crippen molar-refractivity contribution in [2.75, 3.05) is 6.61 Å². The third-order valence-electron chi connectivity index (χ3n) is 3.69. The van der Waals surface area contributed by atoms with Gasteiger partial charge in [0.25, 0.3) is 5.91 Å². The van der Waals surface area contributed by atoms with Crippen LogP contribution < -0.4 is 5.32 Å². The van der Waals surface area contributed by atoms with Gasteiger partial charge >= 0.3 is 5.97 Å². The second-order valence-corrected chi connectivity index (χ2v) is 5.60. The first-order chi connectivity index (χ1) is 13.0. The van der Waals surface area contributed by atoms with Crippen molar-refractivity contribution in [2.45, 2.75) is 6.54 Å². The first-order valence-corrected chi connectivity index (χ1v) is 7.99. The summed E-state index contributed by atoms with van der Waals surface area (Å²) in [5.41, 5.74) is 1.35. The Hall–Kier alpha value is -3.55. The Kier molecular flexibility index (Phi) is 5.55. The topological polar surface area (TPSA) is 73.2 Å². The fraction of sp³-hybridized carbons (Fsp3) is 0.105. The number of rotatable bonds is 6. The summed E-state index contributed by atoms with van der Waals surface area (Å²) >= 11 is 0. The van der Waals surface area contributed by atoms with Gasteiger partial charge < -0.3 is 10.1 Å². The molecule has 0 aliphatic heterocycles. The standard InChI is InChI=1S/C19H15F2N3O3/c20-14-3-1-13(2-4-14)9-23-18(25)11-27-19(26)17-10-22-12-24(17)16-7-5-15(21)6-8-16/h1-8,10,12H,9,11H2,(H,23,25). The molecule has 0 saturated carbocycles. The van der Waals surface area contributed by atoms with Crippen molar-refractivity contribution < 1.29 is 23.1 Å². The third-order valence-corrected chi connectivity index (χ3v) is 3.69. The van der Waals surface area contributed by atoms with Crippen LogP contribution in [0.3, 0.4) is 0 Å². The fourth-order valence-corrected chi connectivity index (χ4v) is 2.31. The van der Waals surface area contributed by atoms with Gasteiger partial charge in [-0.2, -0.15) is 0 Å². The molecule has 6 nitrogen and oxygen atoms in total. The molecular formula is C19H15F2N3O3. The molecule has 3 aromatic rings. The number of esters is 1. The second-order valence-electron chi connectivity index (χ2n) is 5.60. The Bertz CT molecular complexity index is 938. The number of carbonyl (C=O) groups excluding carboxylic acids is 2. The molecule has 1 amide bonds. The van der Waals surface area contributed by atoms with Gasteiger partial charge in [0.15, 0.2) is 12.3 Å². The van der Waals surface area contributed by atoms with E-state index in [1.807, 2.05) is 0 Å². The van der Waals surface area contributed by atoms with Crippen LogP contribution in [0.5, 0.6) is 0 Å². The second kappa shape index (κ2) is 8.22. The van der Waals surface area contributed by atoms with Crippen molar-refractivity contribution in [3.63, 3.8) is 0 Å². The summed E-state index contributed by atoms with van der Waals surface area (Å²) in [5, 5.41) is 2.57. The van der Waals surface area contributed by atoms with Crippen LogP contribution in [0.25, 0.3) is 5.69 Å². The molecule has 1 aromatic heterocycles. The number of carbonyl (C=O) groups is 2. The number of hydrogen-bond acceptors (Lipinski definition) is 4. The van der Waals surface area contributed by atoms with Gasteiger partial charge in [-0.15, -0.1) is 0 Å². The maximum atomic E-state index is 13.0. The van der Waals surface area contributed by atoms with Gasteiger partial charge in [0.1, 0.15) is 11.6 Å². The van der Waals surface area contributed by atoms with E-state index in [9.17, 15) is 18.4 Å². The normalized spacial score (nSPS) is 10.4. The molecule has 0 radical (unpaired) electrons. The Morgan fingerprint density at radius 2 is 1.63 bits per heavy atom. The van der Waals surface area contributed by atoms with E-state index in [0.717, 1.165) is 0 Å². The van der Waals surface area contributed by atoms with E-state index in [2.05, 4.69) is 10.3 Å². The number of ether oxygens (including phenoxy) is 1. The SMILES string of the molecule is O=C(COC(=O)c1cncn1-c1ccc(F)cc1)NCc1ccc(F)cc1. The van der Waals surface area contributed by atoms with E-state index < -0.39 is 24.3 Å². The van der Waals surface area contributed by atoms with E-state index in [4.69, 9.17) is 4.74 Å². The molecule has 0 atom stereocenters. The molecule has 27 heavy (non-hydrogen) atoms. The molecule has 0 aliphatic rings. The average molecular weight is 371 g/mol. The lowest BCUT2D eigenvalue weighted by Gasteiger charge is -2.09. The van der Waals surface area contributed by atoms with Gasteiger partial charge in [-0.3, -0.25) is 9.36 Å².